The Labute approximate surface area is 109 Å². The third-order valence-corrected chi connectivity index (χ3v) is 3.35. The van der Waals surface area contributed by atoms with Crippen LogP contribution in [-0.2, 0) is 4.74 Å². The molecule has 1 aliphatic heterocycles. The third kappa shape index (κ3) is 2.33. The monoisotopic (exact) mass is 269 g/mol. The summed E-state index contributed by atoms with van der Waals surface area (Å²) in [4.78, 5) is 11.1. The Morgan fingerprint density at radius 1 is 1.58 bits per heavy atom. The number of hydrogen-bond acceptors (Lipinski definition) is 5. The van der Waals surface area contributed by atoms with Gasteiger partial charge in [0.2, 0.25) is 0 Å². The van der Waals surface area contributed by atoms with Crippen LogP contribution in [0.3, 0.4) is 0 Å². The van der Waals surface area contributed by atoms with Crippen molar-refractivity contribution < 1.29 is 29.4 Å². The first kappa shape index (κ1) is 13.9. The number of ether oxygens (including phenoxy) is 1. The molecule has 104 valence electrons. The van der Waals surface area contributed by atoms with Crippen molar-refractivity contribution in [2.75, 3.05) is 6.61 Å². The van der Waals surface area contributed by atoms with Crippen molar-refractivity contribution in [3.63, 3.8) is 0 Å². The Morgan fingerprint density at radius 2 is 2.26 bits per heavy atom. The number of hydrogen-bond donors (Lipinski definition) is 4. The van der Waals surface area contributed by atoms with Crippen molar-refractivity contribution in [1.82, 2.24) is 0 Å². The zero-order valence-electron chi connectivity index (χ0n) is 10.4. The molecule has 1 saturated heterocycles. The number of aliphatic hydroxyl groups excluding tert-OH is 3. The number of rotatable bonds is 3. The second-order valence-corrected chi connectivity index (χ2v) is 4.82. The van der Waals surface area contributed by atoms with Crippen LogP contribution in [0.2, 0.25) is 0 Å². The van der Waals surface area contributed by atoms with Gasteiger partial charge in [0, 0.05) is 6.07 Å². The number of aromatic nitrogens is 1. The number of aliphatic hydroxyl groups is 3. The average Bonchev–Trinajstić information content (AvgIpc) is 2.64. The van der Waals surface area contributed by atoms with Crippen LogP contribution < -0.4 is 10.3 Å². The predicted molar refractivity (Wildman–Crippen MR) is 62.8 cm³/mol. The molecule has 5 N–H and O–H groups in total. The number of nitrogens with zero attached hydrogens (tertiary/aromatic N) is 1. The molecule has 0 saturated carbocycles. The Balaban J connectivity index is 2.33. The van der Waals surface area contributed by atoms with E-state index in [1.807, 2.05) is 0 Å². The predicted octanol–water partition coefficient (Wildman–Crippen LogP) is -1.93. The summed E-state index contributed by atoms with van der Waals surface area (Å²) in [5.41, 5.74) is 4.18. The number of nitrogens with two attached hydrogens (primary N) is 1. The molecule has 19 heavy (non-hydrogen) atoms. The van der Waals surface area contributed by atoms with Crippen molar-refractivity contribution in [3.8, 4) is 0 Å². The summed E-state index contributed by atoms with van der Waals surface area (Å²) in [5, 5.41) is 29.1. The zero-order valence-corrected chi connectivity index (χ0v) is 10.4. The molecule has 0 aliphatic carbocycles. The van der Waals surface area contributed by atoms with Gasteiger partial charge in [0.1, 0.15) is 17.3 Å². The van der Waals surface area contributed by atoms with E-state index in [9.17, 15) is 20.1 Å². The lowest BCUT2D eigenvalue weighted by Crippen LogP contribution is -2.46. The Morgan fingerprint density at radius 3 is 2.79 bits per heavy atom. The molecule has 1 aromatic rings. The van der Waals surface area contributed by atoms with E-state index in [4.69, 9.17) is 10.5 Å². The third-order valence-electron chi connectivity index (χ3n) is 3.35. The topological polar surface area (TPSA) is 117 Å². The van der Waals surface area contributed by atoms with Gasteiger partial charge in [0.15, 0.2) is 18.5 Å². The van der Waals surface area contributed by atoms with Gasteiger partial charge in [0.05, 0.1) is 6.61 Å². The number of carbonyl (C=O) groups excluding carboxylic acids is 1. The van der Waals surface area contributed by atoms with Crippen molar-refractivity contribution >= 4 is 5.91 Å². The second-order valence-electron chi connectivity index (χ2n) is 4.82. The molecule has 4 atom stereocenters. The first-order valence-electron chi connectivity index (χ1n) is 5.84. The molecule has 1 aromatic heterocycles. The van der Waals surface area contributed by atoms with Crippen LogP contribution in [0.25, 0.3) is 0 Å². The fraction of sp³-hybridized carbons (Fsp3) is 0.500. The second kappa shape index (κ2) is 4.86. The maximum absolute atomic E-state index is 11.1. The van der Waals surface area contributed by atoms with Gasteiger partial charge in [-0.2, -0.15) is 4.57 Å². The summed E-state index contributed by atoms with van der Waals surface area (Å²) in [7, 11) is 0. The van der Waals surface area contributed by atoms with Crippen LogP contribution in [0.1, 0.15) is 23.5 Å². The highest BCUT2D eigenvalue weighted by Crippen LogP contribution is 2.33. The zero-order chi connectivity index (χ0) is 14.2. The minimum Gasteiger partial charge on any atom is -0.393 e. The van der Waals surface area contributed by atoms with Gasteiger partial charge in [-0.25, -0.2) is 0 Å². The molecule has 7 heteroatoms. The van der Waals surface area contributed by atoms with Crippen molar-refractivity contribution in [3.05, 3.63) is 30.1 Å². The van der Waals surface area contributed by atoms with Gasteiger partial charge >= 0.3 is 0 Å². The molecular formula is C12H17N2O5+. The van der Waals surface area contributed by atoms with Gasteiger partial charge in [-0.05, 0) is 13.0 Å². The molecule has 0 bridgehead atoms. The van der Waals surface area contributed by atoms with Crippen molar-refractivity contribution in [2.24, 2.45) is 5.73 Å². The molecule has 0 aromatic carbocycles. The van der Waals surface area contributed by atoms with Crippen LogP contribution in [-0.4, -0.2) is 45.6 Å². The molecule has 1 aliphatic rings. The lowest BCUT2D eigenvalue weighted by Gasteiger charge is -2.23. The quantitative estimate of drug-likeness (QED) is 0.477. The number of carbonyl (C=O) groups is 1. The molecule has 1 amide bonds. The summed E-state index contributed by atoms with van der Waals surface area (Å²) in [6.45, 7) is 1.07. The summed E-state index contributed by atoms with van der Waals surface area (Å²) in [6.07, 6.45) is -0.341. The van der Waals surface area contributed by atoms with Crippen LogP contribution in [0.4, 0.5) is 0 Å². The fourth-order valence-electron chi connectivity index (χ4n) is 2.10. The minimum atomic E-state index is -1.25. The van der Waals surface area contributed by atoms with E-state index in [2.05, 4.69) is 0 Å². The van der Waals surface area contributed by atoms with E-state index in [-0.39, 0.29) is 5.56 Å². The Bertz CT molecular complexity index is 495. The summed E-state index contributed by atoms with van der Waals surface area (Å²) >= 11 is 0. The Kier molecular flexibility index (Phi) is 3.55. The van der Waals surface area contributed by atoms with Crippen molar-refractivity contribution in [2.45, 2.75) is 31.0 Å². The highest BCUT2D eigenvalue weighted by Gasteiger charge is 2.55. The average molecular weight is 269 g/mol. The summed E-state index contributed by atoms with van der Waals surface area (Å²) < 4.78 is 6.94. The summed E-state index contributed by atoms with van der Waals surface area (Å²) in [6, 6.07) is 3.11. The van der Waals surface area contributed by atoms with Crippen LogP contribution in [0, 0.1) is 0 Å². The Hall–Kier alpha value is -1.54. The number of pyridine rings is 1. The van der Waals surface area contributed by atoms with E-state index in [1.165, 1.54) is 23.8 Å². The maximum atomic E-state index is 11.1. The largest absolute Gasteiger partial charge is 0.393 e. The van der Waals surface area contributed by atoms with E-state index < -0.39 is 36.6 Å². The van der Waals surface area contributed by atoms with Gasteiger partial charge in [-0.1, -0.05) is 0 Å². The van der Waals surface area contributed by atoms with E-state index in [0.717, 1.165) is 0 Å². The number of primary amides is 1. The highest BCUT2D eigenvalue weighted by molar-refractivity contribution is 5.92. The van der Waals surface area contributed by atoms with E-state index in [1.54, 1.807) is 12.3 Å². The SMILES string of the molecule is C[C@]1(CO)O[C@@H]([n+]2cccc(C(N)=O)c2)[C@H](O)[C@@H]1O. The van der Waals surface area contributed by atoms with Crippen LogP contribution in [0.5, 0.6) is 0 Å². The molecule has 0 spiro atoms. The minimum absolute atomic E-state index is 0.255. The summed E-state index contributed by atoms with van der Waals surface area (Å²) in [5.74, 6) is -0.604. The normalized spacial score (nSPS) is 34.4. The highest BCUT2D eigenvalue weighted by atomic mass is 16.6. The van der Waals surface area contributed by atoms with Crippen molar-refractivity contribution in [1.29, 1.82) is 0 Å². The van der Waals surface area contributed by atoms with E-state index >= 15 is 0 Å². The lowest BCUT2D eigenvalue weighted by atomic mass is 9.99. The standard InChI is InChI=1S/C12H16N2O5/c1-12(6-15)9(17)8(16)11(19-12)14-4-2-3-7(5-14)10(13)18/h2-5,8-9,11,15-17H,6H2,1H3,(H-,13,18)/p+1/t8-,9+,11-,12-/m1/s1. The van der Waals surface area contributed by atoms with Gasteiger partial charge in [0.25, 0.3) is 12.1 Å². The molecule has 7 nitrogen and oxygen atoms in total. The first-order chi connectivity index (χ1) is 8.89. The molecule has 0 unspecified atom stereocenters. The maximum Gasteiger partial charge on any atom is 0.292 e. The van der Waals surface area contributed by atoms with Gasteiger partial charge in [-0.3, -0.25) is 4.79 Å². The van der Waals surface area contributed by atoms with Gasteiger partial charge in [-0.15, -0.1) is 0 Å². The molecule has 1 fully saturated rings. The number of amides is 1. The van der Waals surface area contributed by atoms with Crippen LogP contribution >= 0.6 is 0 Å². The first-order valence-corrected chi connectivity index (χ1v) is 5.84. The molecule has 2 rings (SSSR count). The van der Waals surface area contributed by atoms with Crippen LogP contribution in [0.15, 0.2) is 24.5 Å². The lowest BCUT2D eigenvalue weighted by molar-refractivity contribution is -0.767. The molecular weight excluding hydrogens is 252 g/mol. The fourth-order valence-corrected chi connectivity index (χ4v) is 2.10. The smallest absolute Gasteiger partial charge is 0.292 e. The molecule has 0 radical (unpaired) electrons. The van der Waals surface area contributed by atoms with Gasteiger partial charge < -0.3 is 25.8 Å². The molecule has 2 heterocycles. The van der Waals surface area contributed by atoms with E-state index in [0.29, 0.717) is 0 Å².